The summed E-state index contributed by atoms with van der Waals surface area (Å²) in [5.41, 5.74) is 2.62. The second kappa shape index (κ2) is 8.26. The lowest BCUT2D eigenvalue weighted by Crippen LogP contribution is -2.32. The first kappa shape index (κ1) is 19.6. The van der Waals surface area contributed by atoms with Crippen LogP contribution in [-0.2, 0) is 20.8 Å². The van der Waals surface area contributed by atoms with E-state index in [9.17, 15) is 19.2 Å². The predicted octanol–water partition coefficient (Wildman–Crippen LogP) is 3.22. The molecular weight excluding hydrogens is 380 g/mol. The Bertz CT molecular complexity index is 925. The maximum absolute atomic E-state index is 12.6. The van der Waals surface area contributed by atoms with Crippen LogP contribution < -0.4 is 10.2 Å². The topological polar surface area (TPSA) is 104 Å². The number of amides is 3. The number of carboxylic acid groups (broad SMARTS) is 1. The van der Waals surface area contributed by atoms with Crippen LogP contribution in [0.15, 0.2) is 48.5 Å². The minimum Gasteiger partial charge on any atom is -0.481 e. The highest BCUT2D eigenvalue weighted by Gasteiger charge is 2.41. The third-order valence-electron chi connectivity index (χ3n) is 4.18. The number of aryl methyl sites for hydroxylation is 1. The molecule has 0 bridgehead atoms. The van der Waals surface area contributed by atoms with Crippen molar-refractivity contribution in [3.63, 3.8) is 0 Å². The van der Waals surface area contributed by atoms with Crippen LogP contribution in [-0.4, -0.2) is 33.4 Å². The molecule has 8 heteroatoms. The minimum atomic E-state index is -0.934. The monoisotopic (exact) mass is 398 g/mol. The molecule has 3 rings (SSSR count). The van der Waals surface area contributed by atoms with Gasteiger partial charge in [-0.2, -0.15) is 0 Å². The number of rotatable bonds is 6. The molecule has 1 saturated heterocycles. The molecule has 1 aliphatic rings. The molecule has 1 heterocycles. The Kier molecular flexibility index (Phi) is 5.79. The van der Waals surface area contributed by atoms with Gasteiger partial charge in [-0.15, -0.1) is 0 Å². The van der Waals surface area contributed by atoms with Crippen molar-refractivity contribution in [2.75, 3.05) is 10.2 Å². The molecule has 0 aromatic heterocycles. The zero-order valence-corrected chi connectivity index (χ0v) is 15.9. The van der Waals surface area contributed by atoms with Crippen LogP contribution in [0.4, 0.5) is 16.2 Å². The SMILES string of the molecule is Cc1ccc(N2C(=O)SC(CC(=O)Nc3ccc(CC(=O)O)cc3)C2=O)cc1. The van der Waals surface area contributed by atoms with E-state index in [1.807, 2.05) is 19.1 Å². The number of aliphatic carboxylic acids is 1. The summed E-state index contributed by atoms with van der Waals surface area (Å²) in [6.07, 6.45) is -0.229. The molecule has 1 fully saturated rings. The van der Waals surface area contributed by atoms with Crippen LogP contribution in [0.1, 0.15) is 17.5 Å². The maximum Gasteiger partial charge on any atom is 0.307 e. The van der Waals surface area contributed by atoms with Crippen LogP contribution >= 0.6 is 11.8 Å². The first-order valence-electron chi connectivity index (χ1n) is 8.55. The molecule has 1 aliphatic heterocycles. The second-order valence-electron chi connectivity index (χ2n) is 6.40. The molecule has 0 radical (unpaired) electrons. The van der Waals surface area contributed by atoms with E-state index in [-0.39, 0.29) is 12.8 Å². The lowest BCUT2D eigenvalue weighted by atomic mass is 10.1. The second-order valence-corrected chi connectivity index (χ2v) is 7.56. The van der Waals surface area contributed by atoms with E-state index in [0.29, 0.717) is 16.9 Å². The Morgan fingerprint density at radius 1 is 1.07 bits per heavy atom. The summed E-state index contributed by atoms with van der Waals surface area (Å²) < 4.78 is 0. The van der Waals surface area contributed by atoms with Gasteiger partial charge in [-0.25, -0.2) is 4.90 Å². The summed E-state index contributed by atoms with van der Waals surface area (Å²) in [6, 6.07) is 13.5. The van der Waals surface area contributed by atoms with Gasteiger partial charge in [0.2, 0.25) is 11.8 Å². The molecule has 1 atom stereocenters. The summed E-state index contributed by atoms with van der Waals surface area (Å²) in [7, 11) is 0. The van der Waals surface area contributed by atoms with Crippen molar-refractivity contribution in [2.45, 2.75) is 25.0 Å². The van der Waals surface area contributed by atoms with Crippen LogP contribution in [0.25, 0.3) is 0 Å². The van der Waals surface area contributed by atoms with Gasteiger partial charge in [0.25, 0.3) is 5.24 Å². The minimum absolute atomic E-state index is 0.0988. The van der Waals surface area contributed by atoms with Gasteiger partial charge in [0.05, 0.1) is 12.1 Å². The van der Waals surface area contributed by atoms with Crippen molar-refractivity contribution in [1.29, 1.82) is 0 Å². The molecule has 1 unspecified atom stereocenters. The number of carboxylic acids is 1. The van der Waals surface area contributed by atoms with Crippen LogP contribution in [0, 0.1) is 6.92 Å². The largest absolute Gasteiger partial charge is 0.481 e. The van der Waals surface area contributed by atoms with Crippen molar-refractivity contribution in [3.05, 3.63) is 59.7 Å². The lowest BCUT2D eigenvalue weighted by molar-refractivity contribution is -0.136. The number of benzene rings is 2. The fourth-order valence-electron chi connectivity index (χ4n) is 2.78. The summed E-state index contributed by atoms with van der Waals surface area (Å²) in [5, 5.41) is 10.3. The highest BCUT2D eigenvalue weighted by atomic mass is 32.2. The van der Waals surface area contributed by atoms with Crippen molar-refractivity contribution >= 4 is 46.2 Å². The van der Waals surface area contributed by atoms with Crippen molar-refractivity contribution in [2.24, 2.45) is 0 Å². The average Bonchev–Trinajstić information content (AvgIpc) is 2.90. The molecule has 0 spiro atoms. The van der Waals surface area contributed by atoms with Gasteiger partial charge >= 0.3 is 5.97 Å². The zero-order valence-electron chi connectivity index (χ0n) is 15.0. The van der Waals surface area contributed by atoms with Gasteiger partial charge < -0.3 is 10.4 Å². The maximum atomic E-state index is 12.6. The van der Waals surface area contributed by atoms with E-state index >= 15 is 0 Å². The molecule has 2 aromatic rings. The molecule has 3 amide bonds. The number of imide groups is 1. The Balaban J connectivity index is 1.61. The standard InChI is InChI=1S/C20H18N2O5S/c1-12-2-8-15(9-3-12)22-19(26)16(28-20(22)27)11-17(23)21-14-6-4-13(5-7-14)10-18(24)25/h2-9,16H,10-11H2,1H3,(H,21,23)(H,24,25). The summed E-state index contributed by atoms with van der Waals surface area (Å²) in [6.45, 7) is 1.91. The van der Waals surface area contributed by atoms with E-state index in [1.54, 1.807) is 36.4 Å². The Morgan fingerprint density at radius 3 is 2.32 bits per heavy atom. The number of anilines is 2. The fourth-order valence-corrected chi connectivity index (χ4v) is 3.76. The quantitative estimate of drug-likeness (QED) is 0.774. The van der Waals surface area contributed by atoms with Crippen molar-refractivity contribution < 1.29 is 24.3 Å². The number of nitrogens with zero attached hydrogens (tertiary/aromatic N) is 1. The molecule has 7 nitrogen and oxygen atoms in total. The average molecular weight is 398 g/mol. The molecular formula is C20H18N2O5S. The normalized spacial score (nSPS) is 16.3. The highest BCUT2D eigenvalue weighted by Crippen LogP contribution is 2.33. The van der Waals surface area contributed by atoms with E-state index in [4.69, 9.17) is 5.11 Å². The zero-order chi connectivity index (χ0) is 20.3. The summed E-state index contributed by atoms with van der Waals surface area (Å²) in [4.78, 5) is 48.9. The van der Waals surface area contributed by atoms with E-state index < -0.39 is 28.3 Å². The highest BCUT2D eigenvalue weighted by molar-refractivity contribution is 8.15. The Labute approximate surface area is 165 Å². The van der Waals surface area contributed by atoms with Gasteiger partial charge in [-0.3, -0.25) is 19.2 Å². The fraction of sp³-hybridized carbons (Fsp3) is 0.200. The first-order chi connectivity index (χ1) is 13.3. The van der Waals surface area contributed by atoms with E-state index in [2.05, 4.69) is 5.32 Å². The van der Waals surface area contributed by atoms with E-state index in [0.717, 1.165) is 22.2 Å². The number of carbonyl (C=O) groups is 4. The first-order valence-corrected chi connectivity index (χ1v) is 9.43. The number of thioether (sulfide) groups is 1. The smallest absolute Gasteiger partial charge is 0.307 e. The number of nitrogens with one attached hydrogen (secondary N) is 1. The van der Waals surface area contributed by atoms with Gasteiger partial charge in [-0.05, 0) is 48.5 Å². The van der Waals surface area contributed by atoms with Gasteiger partial charge in [-0.1, -0.05) is 29.8 Å². The molecule has 0 saturated carbocycles. The lowest BCUT2D eigenvalue weighted by Gasteiger charge is -2.14. The van der Waals surface area contributed by atoms with Gasteiger partial charge in [0.15, 0.2) is 0 Å². The Hall–Kier alpha value is -3.13. The van der Waals surface area contributed by atoms with Crippen LogP contribution in [0.2, 0.25) is 0 Å². The molecule has 0 aliphatic carbocycles. The molecule has 144 valence electrons. The van der Waals surface area contributed by atoms with Gasteiger partial charge in [0, 0.05) is 12.1 Å². The van der Waals surface area contributed by atoms with Crippen molar-refractivity contribution in [1.82, 2.24) is 0 Å². The number of carbonyl (C=O) groups excluding carboxylic acids is 3. The van der Waals surface area contributed by atoms with Gasteiger partial charge in [0.1, 0.15) is 5.25 Å². The predicted molar refractivity (Wildman–Crippen MR) is 106 cm³/mol. The van der Waals surface area contributed by atoms with Crippen LogP contribution in [0.5, 0.6) is 0 Å². The number of hydrogen-bond donors (Lipinski definition) is 2. The summed E-state index contributed by atoms with van der Waals surface area (Å²) >= 11 is 0.840. The third kappa shape index (κ3) is 4.58. The third-order valence-corrected chi connectivity index (χ3v) is 5.21. The van der Waals surface area contributed by atoms with E-state index in [1.165, 1.54) is 0 Å². The van der Waals surface area contributed by atoms with Crippen molar-refractivity contribution in [3.8, 4) is 0 Å². The summed E-state index contributed by atoms with van der Waals surface area (Å²) in [5.74, 6) is -1.74. The molecule has 2 N–H and O–H groups in total. The Morgan fingerprint density at radius 2 is 1.71 bits per heavy atom. The molecule has 28 heavy (non-hydrogen) atoms. The van der Waals surface area contributed by atoms with Crippen LogP contribution in [0.3, 0.4) is 0 Å². The molecule has 2 aromatic carbocycles. The number of hydrogen-bond acceptors (Lipinski definition) is 5.